The quantitative estimate of drug-likeness (QED) is 0.0174. The van der Waals surface area contributed by atoms with Crippen LogP contribution in [0.5, 0.6) is 0 Å². The number of H-pyrrole nitrogens is 3. The van der Waals surface area contributed by atoms with Gasteiger partial charge in [-0.3, -0.25) is 76.6 Å². The van der Waals surface area contributed by atoms with Crippen molar-refractivity contribution in [3.63, 3.8) is 0 Å². The Hall–Kier alpha value is -12.7. The van der Waals surface area contributed by atoms with Crippen molar-refractivity contribution in [3.8, 4) is 0 Å². The molecule has 43 nitrogen and oxygen atoms in total. The second-order valence-corrected chi connectivity index (χ2v) is 23.3. The van der Waals surface area contributed by atoms with E-state index in [0.29, 0.717) is 18.5 Å². The zero-order valence-electron chi connectivity index (χ0n) is 53.9. The van der Waals surface area contributed by atoms with Crippen molar-refractivity contribution < 1.29 is 33.6 Å². The number of carbonyl (C=O) groups is 7. The molecule has 0 spiro atoms. The monoisotopic (exact) mass is 1380 g/mol. The number of nitrogens with zero attached hydrogens (tertiary/aromatic N) is 15. The first-order chi connectivity index (χ1) is 47.7. The van der Waals surface area contributed by atoms with Crippen LogP contribution in [0.3, 0.4) is 0 Å². The van der Waals surface area contributed by atoms with Crippen LogP contribution in [-0.4, -0.2) is 177 Å². The highest BCUT2D eigenvalue weighted by Gasteiger charge is 2.36. The number of hydrogen-bond donors (Lipinski definition) is 15. The summed E-state index contributed by atoms with van der Waals surface area (Å²) in [4.78, 5) is 224. The molecule has 0 aliphatic carbocycles. The van der Waals surface area contributed by atoms with Crippen LogP contribution in [0.1, 0.15) is 55.2 Å². The van der Waals surface area contributed by atoms with Crippen molar-refractivity contribution in [2.75, 3.05) is 23.7 Å². The first-order valence-electron chi connectivity index (χ1n) is 30.9. The lowest BCUT2D eigenvalue weighted by Crippen LogP contribution is -2.61. The Morgan fingerprint density at radius 3 is 1.06 bits per heavy atom. The highest BCUT2D eigenvalue weighted by atomic mass is 16.2. The fourth-order valence-electron chi connectivity index (χ4n) is 10.5. The highest BCUT2D eigenvalue weighted by Crippen LogP contribution is 2.19. The molecule has 0 saturated carbocycles. The average Bonchev–Trinajstić information content (AvgIpc) is 1.59. The summed E-state index contributed by atoms with van der Waals surface area (Å²) in [5.41, 5.74) is 31.8. The molecule has 0 aromatic carbocycles. The van der Waals surface area contributed by atoms with E-state index in [-0.39, 0.29) is 101 Å². The minimum absolute atomic E-state index is 0.00621. The number of fused-ring (bicyclic) bond motifs is 3. The van der Waals surface area contributed by atoms with Crippen molar-refractivity contribution in [1.29, 1.82) is 0 Å². The van der Waals surface area contributed by atoms with Crippen molar-refractivity contribution in [2.24, 2.45) is 17.2 Å². The molecule has 528 valence electrons. The molecule has 0 aliphatic rings. The van der Waals surface area contributed by atoms with E-state index in [1.54, 1.807) is 4.57 Å². The molecule has 0 fully saturated rings. The number of amides is 7. The van der Waals surface area contributed by atoms with Crippen molar-refractivity contribution in [1.82, 2.24) is 119 Å². The topological polar surface area (TPSA) is 643 Å². The second kappa shape index (κ2) is 31.5. The fraction of sp³-hybridized carbons (Fsp3) is 0.404. The number of aryl methyl sites for hydroxylation is 6. The van der Waals surface area contributed by atoms with Crippen LogP contribution in [-0.2, 0) is 72.8 Å². The minimum Gasteiger partial charge on any atom is -0.382 e. The zero-order chi connectivity index (χ0) is 72.2. The Balaban J connectivity index is 1.07. The molecule has 100 heavy (non-hydrogen) atoms. The number of aromatic nitrogens is 18. The van der Waals surface area contributed by atoms with E-state index in [4.69, 9.17) is 34.4 Å². The van der Waals surface area contributed by atoms with Crippen LogP contribution in [0.15, 0.2) is 85.3 Å². The van der Waals surface area contributed by atoms with E-state index >= 15 is 19.2 Å². The van der Waals surface area contributed by atoms with Gasteiger partial charge in [0, 0.05) is 54.9 Å². The van der Waals surface area contributed by atoms with E-state index in [2.05, 4.69) is 91.7 Å². The number of nitrogens with one attached hydrogen (secondary N) is 9. The van der Waals surface area contributed by atoms with Gasteiger partial charge in [-0.2, -0.15) is 0 Å². The molecule has 43 heteroatoms. The third kappa shape index (κ3) is 17.1. The Morgan fingerprint density at radius 2 is 0.720 bits per heavy atom. The molecule has 21 N–H and O–H groups in total. The third-order valence-corrected chi connectivity index (χ3v) is 16.1. The largest absolute Gasteiger partial charge is 0.382 e. The summed E-state index contributed by atoms with van der Waals surface area (Å²) in [6, 6.07) is -11.9. The Morgan fingerprint density at radius 1 is 0.410 bits per heavy atom. The maximum Gasteiger partial charge on any atom is 0.328 e. The number of nitrogens with two attached hydrogens (primary N) is 6. The molecule has 0 aliphatic heterocycles. The summed E-state index contributed by atoms with van der Waals surface area (Å²) >= 11 is 0. The molecular formula is C57H72N30O13. The van der Waals surface area contributed by atoms with Gasteiger partial charge in [0.15, 0.2) is 34.4 Å². The molecule has 7 amide bonds. The van der Waals surface area contributed by atoms with Gasteiger partial charge in [0.2, 0.25) is 41.4 Å². The van der Waals surface area contributed by atoms with Crippen molar-refractivity contribution in [2.45, 2.75) is 141 Å². The second-order valence-electron chi connectivity index (χ2n) is 23.3. The van der Waals surface area contributed by atoms with Gasteiger partial charge in [0.1, 0.15) is 71.8 Å². The molecule has 7 atom stereocenters. The van der Waals surface area contributed by atoms with E-state index in [1.807, 2.05) is 0 Å². The first-order valence-corrected chi connectivity index (χ1v) is 30.9. The molecule has 0 radical (unpaired) electrons. The maximum atomic E-state index is 15.4. The minimum atomic E-state index is -1.99. The Kier molecular flexibility index (Phi) is 22.5. The van der Waals surface area contributed by atoms with Crippen molar-refractivity contribution in [3.05, 3.63) is 136 Å². The lowest BCUT2D eigenvalue weighted by molar-refractivity contribution is -0.136. The summed E-state index contributed by atoms with van der Waals surface area (Å²) in [5.74, 6) is -7.61. The van der Waals surface area contributed by atoms with Gasteiger partial charge >= 0.3 is 17.1 Å². The maximum absolute atomic E-state index is 15.4. The van der Waals surface area contributed by atoms with Gasteiger partial charge in [-0.1, -0.05) is 0 Å². The van der Waals surface area contributed by atoms with Gasteiger partial charge in [-0.15, -0.1) is 0 Å². The number of carbonyl (C=O) groups excluding carboxylic acids is 7. The van der Waals surface area contributed by atoms with E-state index in [9.17, 15) is 43.2 Å². The normalized spacial score (nSPS) is 13.6. The summed E-state index contributed by atoms with van der Waals surface area (Å²) in [6.45, 7) is 1.69. The number of nitrogen functional groups attached to an aromatic ring is 3. The SMILES string of the molecule is Cc1cn(C[C@H](NC(=O)[C@H](CCn2cnc3c(N)ncnc32)NC(=O)[C@H](Cn2cc(C)c(=O)[nH]c2=O)NC(=O)[C@H](CCn2cnc3c(N)ncnc32)NC(=O)[C@H](Cn2cc(C)c(=O)[nH]c2=O)NC(=O)[C@@H](N)CCn2cnc3c(N)ncnc32)C(=O)N[C@@H](CCCCN)C(N)=O)c(=O)[nH]c1=O. The highest BCUT2D eigenvalue weighted by molar-refractivity contribution is 5.97. The molecule has 9 heterocycles. The molecule has 9 aromatic rings. The Labute approximate surface area is 560 Å². The summed E-state index contributed by atoms with van der Waals surface area (Å²) in [6.07, 6.45) is 10.7. The number of aromatic amines is 3. The lowest BCUT2D eigenvalue weighted by atomic mass is 10.1. The van der Waals surface area contributed by atoms with Crippen LogP contribution in [0, 0.1) is 20.8 Å². The van der Waals surface area contributed by atoms with Crippen LogP contribution < -0.4 is 100 Å². The van der Waals surface area contributed by atoms with Gasteiger partial charge in [0.05, 0.1) is 44.7 Å². The predicted octanol–water partition coefficient (Wildman–Crippen LogP) is -8.15. The molecule has 0 bridgehead atoms. The van der Waals surface area contributed by atoms with Crippen molar-refractivity contribution >= 4 is 92.3 Å². The predicted molar refractivity (Wildman–Crippen MR) is 353 cm³/mol. The smallest absolute Gasteiger partial charge is 0.328 e. The zero-order valence-corrected chi connectivity index (χ0v) is 53.9. The number of unbranched alkanes of at least 4 members (excludes halogenated alkanes) is 1. The summed E-state index contributed by atoms with van der Waals surface area (Å²) < 4.78 is 7.13. The molecule has 9 rings (SSSR count). The van der Waals surface area contributed by atoms with E-state index in [1.165, 1.54) is 55.2 Å². The standard InChI is InChI=1S/C57H72N30O13/c1-26-14-85(55(98)79-46(26)89)17-33(76-49(92)29(59)7-11-82-23-70-36-39(60)64-20-67-43(36)82)53(96)74-31(8-12-83-24-71-37-40(61)65-21-68-44(37)83)51(94)78-35(19-87-16-28(3)48(91)81-57(87)100)54(97)75-32(9-13-84-25-72-38-41(62)66-22-69-45(38)84)50(93)77-34(18-86-15-27(2)47(90)80-56(86)99)52(95)73-30(42(63)88)6-4-5-10-58/h14-16,20-25,29-35H,4-13,17-19,58-59H2,1-3H3,(H2,63,88)(H,73,95)(H,74,96)(H,75,97)(H,76,92)(H,77,93)(H,78,94)(H2,60,64,67)(H2,61,65,68)(H2,62,66,69)(H,79,89,98)(H,80,90,99)(H,81,91,100)/t29-,30-,31-,32-,33-,34-,35-/m0/s1. The van der Waals surface area contributed by atoms with Crippen LogP contribution in [0.2, 0.25) is 0 Å². The Bertz CT molecular complexity index is 4960. The molecular weight excluding hydrogens is 1310 g/mol. The summed E-state index contributed by atoms with van der Waals surface area (Å²) in [5, 5.41) is 15.3. The first kappa shape index (κ1) is 71.6. The van der Waals surface area contributed by atoms with Crippen LogP contribution in [0.4, 0.5) is 17.5 Å². The molecule has 9 aromatic heterocycles. The average molecular weight is 1390 g/mol. The van der Waals surface area contributed by atoms with Gasteiger partial charge < -0.3 is 80.0 Å². The van der Waals surface area contributed by atoms with Gasteiger partial charge in [0.25, 0.3) is 16.7 Å². The lowest BCUT2D eigenvalue weighted by Gasteiger charge is -2.28. The third-order valence-electron chi connectivity index (χ3n) is 16.1. The van der Waals surface area contributed by atoms with Gasteiger partial charge in [-0.25, -0.2) is 59.2 Å². The van der Waals surface area contributed by atoms with E-state index in [0.717, 1.165) is 44.9 Å². The number of primary amides is 1. The number of imidazole rings is 3. The number of hydrogen-bond acceptors (Lipinski definition) is 27. The number of anilines is 3. The van der Waals surface area contributed by atoms with Crippen LogP contribution in [0.25, 0.3) is 33.5 Å². The van der Waals surface area contributed by atoms with Crippen LogP contribution >= 0.6 is 0 Å². The fourth-order valence-corrected chi connectivity index (χ4v) is 10.5. The van der Waals surface area contributed by atoms with Gasteiger partial charge in [-0.05, 0) is 65.8 Å². The molecule has 0 saturated heterocycles. The summed E-state index contributed by atoms with van der Waals surface area (Å²) in [7, 11) is 0. The number of rotatable bonds is 32. The van der Waals surface area contributed by atoms with E-state index < -0.39 is 150 Å². The molecule has 0 unspecified atom stereocenters.